The van der Waals surface area contributed by atoms with Crippen molar-refractivity contribution < 1.29 is 27.2 Å². The van der Waals surface area contributed by atoms with Crippen molar-refractivity contribution in [3.63, 3.8) is 0 Å². The Morgan fingerprint density at radius 1 is 1.14 bits per heavy atom. The molecule has 12 heteroatoms. The Kier molecular flexibility index (Phi) is 5.72. The van der Waals surface area contributed by atoms with Crippen LogP contribution in [0.5, 0.6) is 0 Å². The van der Waals surface area contributed by atoms with Crippen molar-refractivity contribution in [2.24, 2.45) is 11.5 Å². The largest absolute Gasteiger partial charge is 0.417 e. The van der Waals surface area contributed by atoms with Crippen LogP contribution in [0.2, 0.25) is 0 Å². The molecule has 1 aliphatic rings. The molecular weight excluding hydrogens is 468 g/mol. The maximum absolute atomic E-state index is 13.8. The van der Waals surface area contributed by atoms with Crippen molar-refractivity contribution in [1.82, 2.24) is 14.7 Å². The molecule has 180 valence electrons. The van der Waals surface area contributed by atoms with Gasteiger partial charge in [-0.3, -0.25) is 9.48 Å². The highest BCUT2D eigenvalue weighted by molar-refractivity contribution is 6.00. The van der Waals surface area contributed by atoms with E-state index in [9.17, 15) is 27.2 Å². The second-order valence-electron chi connectivity index (χ2n) is 8.01. The van der Waals surface area contributed by atoms with E-state index in [1.807, 2.05) is 0 Å². The molecule has 0 radical (unpaired) electrons. The van der Waals surface area contributed by atoms with Crippen LogP contribution >= 0.6 is 0 Å². The molecule has 0 spiro atoms. The molecule has 1 aliphatic heterocycles. The lowest BCUT2D eigenvalue weighted by Gasteiger charge is -2.36. The van der Waals surface area contributed by atoms with E-state index in [1.165, 1.54) is 41.9 Å². The number of hydrogen-bond acceptors (Lipinski definition) is 4. The van der Waals surface area contributed by atoms with Gasteiger partial charge in [-0.15, -0.1) is 0 Å². The number of alkyl halides is 3. The Hall–Kier alpha value is -4.40. The molecule has 1 atom stereocenters. The van der Waals surface area contributed by atoms with Gasteiger partial charge in [0.25, 0.3) is 5.91 Å². The molecule has 2 heterocycles. The Balaban J connectivity index is 2.01. The average Bonchev–Trinajstić information content (AvgIpc) is 3.19. The zero-order valence-corrected chi connectivity index (χ0v) is 18.2. The molecule has 1 unspecified atom stereocenters. The lowest BCUT2D eigenvalue weighted by Crippen LogP contribution is -2.46. The van der Waals surface area contributed by atoms with Crippen LogP contribution < -0.4 is 11.5 Å². The topological polar surface area (TPSA) is 131 Å². The van der Waals surface area contributed by atoms with Crippen LogP contribution in [0.4, 0.5) is 22.4 Å². The van der Waals surface area contributed by atoms with Gasteiger partial charge in [-0.05, 0) is 48.4 Å². The number of fused-ring (bicyclic) bond motifs is 1. The van der Waals surface area contributed by atoms with E-state index in [1.54, 1.807) is 0 Å². The van der Waals surface area contributed by atoms with Crippen LogP contribution in [-0.2, 0) is 12.7 Å². The third kappa shape index (κ3) is 4.05. The molecule has 4 N–H and O–H groups in total. The van der Waals surface area contributed by atoms with E-state index in [-0.39, 0.29) is 41.2 Å². The second kappa shape index (κ2) is 8.43. The number of aryl methyl sites for hydroxylation is 1. The van der Waals surface area contributed by atoms with Gasteiger partial charge >= 0.3 is 12.2 Å². The summed E-state index contributed by atoms with van der Waals surface area (Å²) in [6.07, 6.45) is -4.85. The highest BCUT2D eigenvalue weighted by Crippen LogP contribution is 2.41. The number of halogens is 4. The smallest absolute Gasteiger partial charge is 0.365 e. The molecule has 35 heavy (non-hydrogen) atoms. The number of primary amides is 2. The van der Waals surface area contributed by atoms with Gasteiger partial charge in [-0.1, -0.05) is 6.07 Å². The minimum Gasteiger partial charge on any atom is -0.365 e. The molecule has 2 aromatic carbocycles. The fourth-order valence-electron chi connectivity index (χ4n) is 4.28. The van der Waals surface area contributed by atoms with Gasteiger partial charge in [0.1, 0.15) is 17.6 Å². The number of carbonyl (C=O) groups excluding carboxylic acids is 2. The SMILES string of the molecule is Cc1cc(-c2nn3c(c2C(N)=O)C(c2ccc(C#N)c(C(F)(F)F)c2)N(C(N)=O)CC3)ccc1F. The van der Waals surface area contributed by atoms with E-state index in [2.05, 4.69) is 5.10 Å². The number of carbonyl (C=O) groups is 2. The van der Waals surface area contributed by atoms with Gasteiger partial charge in [0.2, 0.25) is 0 Å². The number of hydrogen-bond donors (Lipinski definition) is 2. The van der Waals surface area contributed by atoms with Crippen molar-refractivity contribution in [3.05, 3.63) is 75.7 Å². The van der Waals surface area contributed by atoms with Crippen molar-refractivity contribution in [1.29, 1.82) is 5.26 Å². The molecular formula is C23H18F4N6O2. The summed E-state index contributed by atoms with van der Waals surface area (Å²) in [5.74, 6) is -1.42. The van der Waals surface area contributed by atoms with Gasteiger partial charge in [-0.25, -0.2) is 9.18 Å². The molecule has 0 fully saturated rings. The molecule has 1 aromatic heterocycles. The summed E-state index contributed by atoms with van der Waals surface area (Å²) in [6.45, 7) is 1.58. The molecule has 4 rings (SSSR count). The number of amides is 3. The molecule has 0 bridgehead atoms. The third-order valence-electron chi connectivity index (χ3n) is 5.86. The van der Waals surface area contributed by atoms with Gasteiger partial charge in [0.05, 0.1) is 35.0 Å². The number of nitrogens with two attached hydrogens (primary N) is 2. The monoisotopic (exact) mass is 486 g/mol. The van der Waals surface area contributed by atoms with Crippen LogP contribution in [0.15, 0.2) is 36.4 Å². The molecule has 3 aromatic rings. The van der Waals surface area contributed by atoms with Crippen molar-refractivity contribution in [2.75, 3.05) is 6.54 Å². The van der Waals surface area contributed by atoms with Gasteiger partial charge < -0.3 is 16.4 Å². The maximum Gasteiger partial charge on any atom is 0.417 e. The summed E-state index contributed by atoms with van der Waals surface area (Å²) in [6, 6.07) is 6.35. The van der Waals surface area contributed by atoms with Gasteiger partial charge in [-0.2, -0.15) is 23.5 Å². The average molecular weight is 486 g/mol. The number of nitrogens with zero attached hydrogens (tertiary/aromatic N) is 4. The predicted octanol–water partition coefficient (Wildman–Crippen LogP) is 3.47. The van der Waals surface area contributed by atoms with Crippen LogP contribution in [-0.4, -0.2) is 33.2 Å². The Bertz CT molecular complexity index is 1410. The minimum atomic E-state index is -4.85. The Morgan fingerprint density at radius 2 is 1.86 bits per heavy atom. The zero-order chi connectivity index (χ0) is 25.7. The number of nitriles is 1. The third-order valence-corrected chi connectivity index (χ3v) is 5.86. The van der Waals surface area contributed by atoms with Crippen LogP contribution in [0, 0.1) is 24.1 Å². The number of benzene rings is 2. The van der Waals surface area contributed by atoms with E-state index in [0.29, 0.717) is 5.56 Å². The van der Waals surface area contributed by atoms with Crippen LogP contribution in [0.3, 0.4) is 0 Å². The maximum atomic E-state index is 13.8. The van der Waals surface area contributed by atoms with E-state index < -0.39 is 41.1 Å². The summed E-state index contributed by atoms with van der Waals surface area (Å²) in [5.41, 5.74) is 10.0. The number of urea groups is 1. The van der Waals surface area contributed by atoms with E-state index in [4.69, 9.17) is 16.7 Å². The summed E-state index contributed by atoms with van der Waals surface area (Å²) < 4.78 is 56.2. The molecule has 3 amide bonds. The molecule has 0 aliphatic carbocycles. The highest BCUT2D eigenvalue weighted by atomic mass is 19.4. The first kappa shape index (κ1) is 23.7. The summed E-state index contributed by atoms with van der Waals surface area (Å²) in [5, 5.41) is 13.6. The fourth-order valence-corrected chi connectivity index (χ4v) is 4.28. The first-order valence-corrected chi connectivity index (χ1v) is 10.3. The van der Waals surface area contributed by atoms with Gasteiger partial charge in [0, 0.05) is 12.1 Å². The fraction of sp³-hybridized carbons (Fsp3) is 0.217. The summed E-state index contributed by atoms with van der Waals surface area (Å²) in [4.78, 5) is 26.0. The lowest BCUT2D eigenvalue weighted by atomic mass is 9.92. The normalized spacial score (nSPS) is 15.4. The molecule has 0 saturated heterocycles. The van der Waals surface area contributed by atoms with E-state index >= 15 is 0 Å². The van der Waals surface area contributed by atoms with E-state index in [0.717, 1.165) is 17.0 Å². The predicted molar refractivity (Wildman–Crippen MR) is 115 cm³/mol. The number of rotatable bonds is 3. The van der Waals surface area contributed by atoms with Crippen LogP contribution in [0.25, 0.3) is 11.3 Å². The minimum absolute atomic E-state index is 0.0177. The van der Waals surface area contributed by atoms with Gasteiger partial charge in [0.15, 0.2) is 0 Å². The number of aromatic nitrogens is 2. The van der Waals surface area contributed by atoms with Crippen LogP contribution in [0.1, 0.15) is 44.3 Å². The lowest BCUT2D eigenvalue weighted by molar-refractivity contribution is -0.137. The second-order valence-corrected chi connectivity index (χ2v) is 8.01. The first-order chi connectivity index (χ1) is 16.4. The van der Waals surface area contributed by atoms with Crippen molar-refractivity contribution >= 4 is 11.9 Å². The molecule has 8 nitrogen and oxygen atoms in total. The summed E-state index contributed by atoms with van der Waals surface area (Å²) >= 11 is 0. The standard InChI is InChI=1S/C23H18F4N6O2/c1-11-8-12(4-5-16(11)24)18-17(21(29)34)20-19(32(22(30)35)6-7-33(20)31-18)13-2-3-14(10-28)15(9-13)23(25,26)27/h2-5,8-9,19H,6-7H2,1H3,(H2,29,34)(H2,30,35). The zero-order valence-electron chi connectivity index (χ0n) is 18.2. The highest BCUT2D eigenvalue weighted by Gasteiger charge is 2.40. The first-order valence-electron chi connectivity index (χ1n) is 10.3. The van der Waals surface area contributed by atoms with Crippen molar-refractivity contribution in [3.8, 4) is 17.3 Å². The molecule has 0 saturated carbocycles. The quantitative estimate of drug-likeness (QED) is 0.549. The van der Waals surface area contributed by atoms with Crippen molar-refractivity contribution in [2.45, 2.75) is 25.7 Å². The Labute approximate surface area is 196 Å². The summed E-state index contributed by atoms with van der Waals surface area (Å²) in [7, 11) is 0. The Morgan fingerprint density at radius 3 is 2.43 bits per heavy atom.